The highest BCUT2D eigenvalue weighted by Gasteiger charge is 2.13. The molecule has 0 bridgehead atoms. The molecule has 0 aliphatic rings. The van der Waals surface area contributed by atoms with E-state index in [1.807, 2.05) is 25.1 Å². The lowest BCUT2D eigenvalue weighted by Crippen LogP contribution is -2.23. The fraction of sp³-hybridized carbons (Fsp3) is 0.111. The third-order valence-electron chi connectivity index (χ3n) is 3.57. The largest absolute Gasteiger partial charge is 0.358 e. The summed E-state index contributed by atoms with van der Waals surface area (Å²) in [6, 6.07) is 13.5. The molecule has 0 unspecified atom stereocenters. The normalized spacial score (nSPS) is 10.5. The molecule has 2 heterocycles. The van der Waals surface area contributed by atoms with E-state index < -0.39 is 0 Å². The van der Waals surface area contributed by atoms with Gasteiger partial charge in [-0.05, 0) is 55.0 Å². The summed E-state index contributed by atoms with van der Waals surface area (Å²) in [5.74, 6) is -0.455. The van der Waals surface area contributed by atoms with Crippen LogP contribution in [-0.2, 0) is 6.54 Å². The number of H-pyrrole nitrogens is 1. The van der Waals surface area contributed by atoms with Gasteiger partial charge < -0.3 is 10.3 Å². The molecule has 23 heavy (non-hydrogen) atoms. The van der Waals surface area contributed by atoms with Gasteiger partial charge in [0, 0.05) is 17.6 Å². The number of rotatable bonds is 4. The number of amides is 1. The minimum atomic E-state index is -0.287. The second-order valence-corrected chi connectivity index (χ2v) is 5.23. The van der Waals surface area contributed by atoms with Crippen molar-refractivity contribution in [3.8, 4) is 11.3 Å². The molecular formula is C18H16FN3O. The predicted octanol–water partition coefficient (Wildman–Crippen LogP) is 3.45. The molecule has 0 aliphatic heterocycles. The molecule has 0 saturated heterocycles. The van der Waals surface area contributed by atoms with E-state index in [-0.39, 0.29) is 11.7 Å². The van der Waals surface area contributed by atoms with Crippen LogP contribution in [0.25, 0.3) is 11.3 Å². The van der Waals surface area contributed by atoms with E-state index in [0.29, 0.717) is 12.1 Å². The highest BCUT2D eigenvalue weighted by molar-refractivity contribution is 5.96. The molecule has 2 aromatic heterocycles. The van der Waals surface area contributed by atoms with E-state index in [2.05, 4.69) is 15.3 Å². The van der Waals surface area contributed by atoms with Crippen molar-refractivity contribution in [1.82, 2.24) is 15.3 Å². The van der Waals surface area contributed by atoms with Crippen molar-refractivity contribution < 1.29 is 9.18 Å². The minimum absolute atomic E-state index is 0.169. The van der Waals surface area contributed by atoms with Crippen LogP contribution < -0.4 is 5.32 Å². The van der Waals surface area contributed by atoms with Crippen LogP contribution in [0.15, 0.2) is 54.7 Å². The third kappa shape index (κ3) is 3.45. The molecular weight excluding hydrogens is 293 g/mol. The second kappa shape index (κ2) is 6.44. The van der Waals surface area contributed by atoms with Crippen LogP contribution >= 0.6 is 0 Å². The van der Waals surface area contributed by atoms with E-state index in [1.54, 1.807) is 24.4 Å². The Morgan fingerprint density at radius 1 is 1.22 bits per heavy atom. The summed E-state index contributed by atoms with van der Waals surface area (Å²) in [7, 11) is 0. The zero-order chi connectivity index (χ0) is 16.2. The molecule has 3 aromatic rings. The summed E-state index contributed by atoms with van der Waals surface area (Å²) < 4.78 is 13.0. The lowest BCUT2D eigenvalue weighted by atomic mass is 10.1. The molecule has 116 valence electrons. The lowest BCUT2D eigenvalue weighted by Gasteiger charge is -2.03. The summed E-state index contributed by atoms with van der Waals surface area (Å²) in [5, 5.41) is 2.85. The first-order valence-corrected chi connectivity index (χ1v) is 7.27. The van der Waals surface area contributed by atoms with E-state index in [4.69, 9.17) is 0 Å². The van der Waals surface area contributed by atoms with Crippen molar-refractivity contribution in [1.29, 1.82) is 0 Å². The number of hydrogen-bond donors (Lipinski definition) is 2. The van der Waals surface area contributed by atoms with E-state index in [9.17, 15) is 9.18 Å². The first-order chi connectivity index (χ1) is 11.1. The average Bonchev–Trinajstić information content (AvgIpc) is 2.96. The Balaban J connectivity index is 1.75. The fourth-order valence-corrected chi connectivity index (χ4v) is 2.35. The maximum atomic E-state index is 13.0. The molecule has 0 radical (unpaired) electrons. The van der Waals surface area contributed by atoms with Gasteiger partial charge in [0.05, 0.1) is 17.8 Å². The van der Waals surface area contributed by atoms with Gasteiger partial charge in [0.15, 0.2) is 0 Å². The number of halogens is 1. The van der Waals surface area contributed by atoms with E-state index in [1.165, 1.54) is 12.1 Å². The number of aromatic nitrogens is 2. The van der Waals surface area contributed by atoms with Crippen molar-refractivity contribution in [2.75, 3.05) is 0 Å². The third-order valence-corrected chi connectivity index (χ3v) is 3.57. The summed E-state index contributed by atoms with van der Waals surface area (Å²) in [5.41, 5.74) is 3.75. The zero-order valence-corrected chi connectivity index (χ0v) is 12.6. The smallest absolute Gasteiger partial charge is 0.253 e. The van der Waals surface area contributed by atoms with E-state index >= 15 is 0 Å². The molecule has 0 atom stereocenters. The number of hydrogen-bond acceptors (Lipinski definition) is 2. The van der Waals surface area contributed by atoms with Crippen LogP contribution in [0.2, 0.25) is 0 Å². The number of aryl methyl sites for hydroxylation is 1. The summed E-state index contributed by atoms with van der Waals surface area (Å²) in [6.07, 6.45) is 1.69. The van der Waals surface area contributed by atoms with Crippen molar-refractivity contribution in [2.45, 2.75) is 13.5 Å². The monoisotopic (exact) mass is 309 g/mol. The van der Waals surface area contributed by atoms with Gasteiger partial charge in [-0.3, -0.25) is 9.78 Å². The fourth-order valence-electron chi connectivity index (χ4n) is 2.35. The Hall–Kier alpha value is -2.95. The second-order valence-electron chi connectivity index (χ2n) is 5.23. The van der Waals surface area contributed by atoms with Crippen LogP contribution in [0, 0.1) is 12.7 Å². The number of carbonyl (C=O) groups excluding carboxylic acids is 1. The van der Waals surface area contributed by atoms with Crippen LogP contribution in [0.3, 0.4) is 0 Å². The highest BCUT2D eigenvalue weighted by atomic mass is 19.1. The Bertz CT molecular complexity index is 810. The lowest BCUT2D eigenvalue weighted by molar-refractivity contribution is 0.0950. The van der Waals surface area contributed by atoms with Gasteiger partial charge in [0.1, 0.15) is 5.82 Å². The van der Waals surface area contributed by atoms with Crippen molar-refractivity contribution in [2.24, 2.45) is 0 Å². The molecule has 1 aromatic carbocycles. The van der Waals surface area contributed by atoms with Gasteiger partial charge in [-0.1, -0.05) is 6.07 Å². The number of nitrogens with zero attached hydrogens (tertiary/aromatic N) is 1. The summed E-state index contributed by atoms with van der Waals surface area (Å²) >= 11 is 0. The van der Waals surface area contributed by atoms with E-state index in [0.717, 1.165) is 22.6 Å². The van der Waals surface area contributed by atoms with Gasteiger partial charge in [-0.15, -0.1) is 0 Å². The number of carbonyl (C=O) groups is 1. The SMILES string of the molecule is Cc1[nH]c(-c2ccc(F)cc2)cc1C(=O)NCc1ccccn1. The number of benzene rings is 1. The molecule has 0 spiro atoms. The summed E-state index contributed by atoms with van der Waals surface area (Å²) in [6.45, 7) is 2.21. The number of nitrogens with one attached hydrogen (secondary N) is 2. The first kappa shape index (κ1) is 15.0. The van der Waals surface area contributed by atoms with Gasteiger partial charge in [-0.2, -0.15) is 0 Å². The van der Waals surface area contributed by atoms with Crippen LogP contribution in [0.1, 0.15) is 21.7 Å². The van der Waals surface area contributed by atoms with Crippen molar-refractivity contribution in [3.63, 3.8) is 0 Å². The van der Waals surface area contributed by atoms with Crippen molar-refractivity contribution >= 4 is 5.91 Å². The standard InChI is InChI=1S/C18H16FN3O/c1-12-16(18(23)21-11-15-4-2-3-9-20-15)10-17(22-12)13-5-7-14(19)8-6-13/h2-10,22H,11H2,1H3,(H,21,23). The Morgan fingerprint density at radius 3 is 2.70 bits per heavy atom. The quantitative estimate of drug-likeness (QED) is 0.775. The van der Waals surface area contributed by atoms with Crippen LogP contribution in [0.4, 0.5) is 4.39 Å². The molecule has 5 heteroatoms. The molecule has 0 fully saturated rings. The van der Waals surface area contributed by atoms with Gasteiger partial charge >= 0.3 is 0 Å². The molecule has 3 rings (SSSR count). The zero-order valence-electron chi connectivity index (χ0n) is 12.6. The number of pyridine rings is 1. The minimum Gasteiger partial charge on any atom is -0.358 e. The number of aromatic amines is 1. The molecule has 0 saturated carbocycles. The highest BCUT2D eigenvalue weighted by Crippen LogP contribution is 2.22. The molecule has 0 aliphatic carbocycles. The maximum absolute atomic E-state index is 13.0. The topological polar surface area (TPSA) is 57.8 Å². The first-order valence-electron chi connectivity index (χ1n) is 7.27. The van der Waals surface area contributed by atoms with Gasteiger partial charge in [0.2, 0.25) is 0 Å². The molecule has 2 N–H and O–H groups in total. The molecule has 1 amide bonds. The predicted molar refractivity (Wildman–Crippen MR) is 86.3 cm³/mol. The van der Waals surface area contributed by atoms with Gasteiger partial charge in [-0.25, -0.2) is 4.39 Å². The Morgan fingerprint density at radius 2 is 2.00 bits per heavy atom. The Kier molecular flexibility index (Phi) is 4.19. The van der Waals surface area contributed by atoms with Crippen LogP contribution in [0.5, 0.6) is 0 Å². The van der Waals surface area contributed by atoms with Crippen LogP contribution in [-0.4, -0.2) is 15.9 Å². The summed E-state index contributed by atoms with van der Waals surface area (Å²) in [4.78, 5) is 19.6. The Labute approximate surface area is 133 Å². The molecule has 4 nitrogen and oxygen atoms in total. The van der Waals surface area contributed by atoms with Crippen molar-refractivity contribution in [3.05, 3.63) is 77.5 Å². The average molecular weight is 309 g/mol. The maximum Gasteiger partial charge on any atom is 0.253 e. The van der Waals surface area contributed by atoms with Gasteiger partial charge in [0.25, 0.3) is 5.91 Å².